The molecular weight excluding hydrogens is 290 g/mol. The highest BCUT2D eigenvalue weighted by Gasteiger charge is 2.14. The second-order valence-electron chi connectivity index (χ2n) is 5.39. The van der Waals surface area contributed by atoms with E-state index in [4.69, 9.17) is 5.73 Å². The van der Waals surface area contributed by atoms with E-state index in [2.05, 4.69) is 20.1 Å². The van der Waals surface area contributed by atoms with Gasteiger partial charge in [0.05, 0.1) is 12.0 Å². The minimum absolute atomic E-state index is 0.349. The second-order valence-corrected chi connectivity index (χ2v) is 5.39. The van der Waals surface area contributed by atoms with Gasteiger partial charge in [-0.05, 0) is 13.0 Å². The maximum absolute atomic E-state index is 6.01. The second kappa shape index (κ2) is 4.91. The van der Waals surface area contributed by atoms with Crippen LogP contribution in [0.2, 0.25) is 0 Å². The molecule has 0 atom stereocenters. The van der Waals surface area contributed by atoms with Crippen LogP contribution in [-0.4, -0.2) is 29.3 Å². The lowest BCUT2D eigenvalue weighted by atomic mass is 10.1. The van der Waals surface area contributed by atoms with Crippen LogP contribution >= 0.6 is 0 Å². The van der Waals surface area contributed by atoms with Crippen LogP contribution in [0.15, 0.2) is 42.7 Å². The lowest BCUT2D eigenvalue weighted by Gasteiger charge is -2.04. The Hall–Kier alpha value is -3.22. The molecule has 0 spiro atoms. The molecule has 0 aliphatic rings. The highest BCUT2D eigenvalue weighted by molar-refractivity contribution is 5.82. The number of hydrogen-bond donors (Lipinski definition) is 1. The van der Waals surface area contributed by atoms with Crippen molar-refractivity contribution in [3.05, 3.63) is 48.4 Å². The summed E-state index contributed by atoms with van der Waals surface area (Å²) in [4.78, 5) is 13.1. The van der Waals surface area contributed by atoms with Gasteiger partial charge in [-0.1, -0.05) is 30.3 Å². The van der Waals surface area contributed by atoms with Crippen molar-refractivity contribution in [3.63, 3.8) is 0 Å². The summed E-state index contributed by atoms with van der Waals surface area (Å²) in [7, 11) is 1.87. The maximum Gasteiger partial charge on any atom is 0.254 e. The molecule has 3 aromatic heterocycles. The third-order valence-electron chi connectivity index (χ3n) is 3.72. The number of nitrogens with zero attached hydrogens (tertiary/aromatic N) is 6. The third-order valence-corrected chi connectivity index (χ3v) is 3.72. The number of aryl methyl sites for hydroxylation is 2. The van der Waals surface area contributed by atoms with Gasteiger partial charge in [0.1, 0.15) is 5.52 Å². The van der Waals surface area contributed by atoms with Gasteiger partial charge in [0, 0.05) is 18.3 Å². The maximum atomic E-state index is 6.01. The molecule has 0 radical (unpaired) electrons. The zero-order valence-corrected chi connectivity index (χ0v) is 12.8. The predicted molar refractivity (Wildman–Crippen MR) is 88.0 cm³/mol. The van der Waals surface area contributed by atoms with Crippen LogP contribution in [-0.2, 0) is 7.05 Å². The molecule has 3 heterocycles. The van der Waals surface area contributed by atoms with Crippen molar-refractivity contribution >= 4 is 17.0 Å². The van der Waals surface area contributed by atoms with Crippen molar-refractivity contribution in [1.29, 1.82) is 0 Å². The Labute approximate surface area is 132 Å². The zero-order chi connectivity index (χ0) is 16.0. The Morgan fingerprint density at radius 2 is 1.87 bits per heavy atom. The number of nitrogens with two attached hydrogens (primary N) is 1. The molecule has 7 nitrogen and oxygen atoms in total. The number of nitrogen functional groups attached to an aromatic ring is 1. The van der Waals surface area contributed by atoms with E-state index >= 15 is 0 Å². The van der Waals surface area contributed by atoms with Gasteiger partial charge in [-0.3, -0.25) is 0 Å². The number of rotatable bonds is 2. The van der Waals surface area contributed by atoms with Crippen LogP contribution in [0.1, 0.15) is 5.69 Å². The number of anilines is 1. The fourth-order valence-electron chi connectivity index (χ4n) is 2.54. The Balaban J connectivity index is 1.88. The fraction of sp³-hybridized carbons (Fsp3) is 0.125. The summed E-state index contributed by atoms with van der Waals surface area (Å²) in [6.45, 7) is 1.96. The van der Waals surface area contributed by atoms with E-state index in [9.17, 15) is 0 Å². The van der Waals surface area contributed by atoms with E-state index in [0.29, 0.717) is 22.9 Å². The van der Waals surface area contributed by atoms with Gasteiger partial charge in [-0.25, -0.2) is 9.67 Å². The van der Waals surface area contributed by atoms with E-state index in [1.807, 2.05) is 54.9 Å². The van der Waals surface area contributed by atoms with E-state index in [-0.39, 0.29) is 0 Å². The van der Waals surface area contributed by atoms with Crippen molar-refractivity contribution in [2.45, 2.75) is 6.92 Å². The molecule has 7 heteroatoms. The zero-order valence-electron chi connectivity index (χ0n) is 12.8. The summed E-state index contributed by atoms with van der Waals surface area (Å²) >= 11 is 0. The average Bonchev–Trinajstić information content (AvgIpc) is 3.12. The smallest absolute Gasteiger partial charge is 0.254 e. The van der Waals surface area contributed by atoms with Gasteiger partial charge in [0.2, 0.25) is 0 Å². The summed E-state index contributed by atoms with van der Waals surface area (Å²) in [5.41, 5.74) is 10.1. The van der Waals surface area contributed by atoms with Crippen LogP contribution < -0.4 is 5.73 Å². The normalized spacial score (nSPS) is 11.2. The highest BCUT2D eigenvalue weighted by Crippen LogP contribution is 2.22. The first-order chi connectivity index (χ1) is 11.1. The molecule has 0 fully saturated rings. The Morgan fingerprint density at radius 1 is 1.09 bits per heavy atom. The molecule has 0 aliphatic heterocycles. The van der Waals surface area contributed by atoms with E-state index in [1.54, 1.807) is 11.0 Å². The average molecular weight is 305 g/mol. The highest BCUT2D eigenvalue weighted by atomic mass is 15.4. The summed E-state index contributed by atoms with van der Waals surface area (Å²) < 4.78 is 3.51. The SMILES string of the molecule is Cc1cc(-c2ccccc2)nn1-c1nc(N)c2ncn(C)c2n1. The number of aromatic nitrogens is 6. The van der Waals surface area contributed by atoms with E-state index in [0.717, 1.165) is 17.0 Å². The molecule has 2 N–H and O–H groups in total. The van der Waals surface area contributed by atoms with Crippen LogP contribution in [0.3, 0.4) is 0 Å². The van der Waals surface area contributed by atoms with Gasteiger partial charge in [0.25, 0.3) is 5.95 Å². The summed E-state index contributed by atoms with van der Waals surface area (Å²) in [6.07, 6.45) is 1.67. The van der Waals surface area contributed by atoms with Crippen LogP contribution in [0.4, 0.5) is 5.82 Å². The molecule has 114 valence electrons. The predicted octanol–water partition coefficient (Wildman–Crippen LogP) is 2.11. The van der Waals surface area contributed by atoms with Gasteiger partial charge in [0.15, 0.2) is 11.5 Å². The van der Waals surface area contributed by atoms with E-state index < -0.39 is 0 Å². The van der Waals surface area contributed by atoms with Gasteiger partial charge < -0.3 is 10.3 Å². The molecule has 0 saturated carbocycles. The van der Waals surface area contributed by atoms with Crippen molar-refractivity contribution in [2.75, 3.05) is 5.73 Å². The van der Waals surface area contributed by atoms with Crippen LogP contribution in [0, 0.1) is 6.92 Å². The molecular formula is C16H15N7. The largest absolute Gasteiger partial charge is 0.382 e. The lowest BCUT2D eigenvalue weighted by Crippen LogP contribution is -2.08. The minimum atomic E-state index is 0.349. The number of benzene rings is 1. The summed E-state index contributed by atoms with van der Waals surface area (Å²) in [6, 6.07) is 12.0. The molecule has 0 bridgehead atoms. The first-order valence-electron chi connectivity index (χ1n) is 7.20. The molecule has 4 rings (SSSR count). The van der Waals surface area contributed by atoms with Crippen molar-refractivity contribution in [3.8, 4) is 17.2 Å². The molecule has 23 heavy (non-hydrogen) atoms. The minimum Gasteiger partial charge on any atom is -0.382 e. The molecule has 1 aromatic carbocycles. The molecule has 4 aromatic rings. The molecule has 0 aliphatic carbocycles. The van der Waals surface area contributed by atoms with Crippen molar-refractivity contribution in [2.24, 2.45) is 7.05 Å². The standard InChI is InChI=1S/C16H15N7/c1-10-8-12(11-6-4-3-5-7-11)21-23(10)16-19-14(17)13-15(20-16)22(2)9-18-13/h3-9H,1-2H3,(H2,17,19,20). The molecule has 0 amide bonds. The molecule has 0 saturated heterocycles. The first kappa shape index (κ1) is 13.4. The summed E-state index contributed by atoms with van der Waals surface area (Å²) in [5, 5.41) is 4.62. The summed E-state index contributed by atoms with van der Waals surface area (Å²) in [5.74, 6) is 0.792. The third kappa shape index (κ3) is 2.13. The molecule has 0 unspecified atom stereocenters. The number of fused-ring (bicyclic) bond motifs is 1. The topological polar surface area (TPSA) is 87.4 Å². The number of imidazole rings is 1. The quantitative estimate of drug-likeness (QED) is 0.613. The first-order valence-corrected chi connectivity index (χ1v) is 7.20. The lowest BCUT2D eigenvalue weighted by molar-refractivity contribution is 0.787. The van der Waals surface area contributed by atoms with E-state index in [1.165, 1.54) is 0 Å². The number of hydrogen-bond acceptors (Lipinski definition) is 5. The van der Waals surface area contributed by atoms with Gasteiger partial charge in [-0.15, -0.1) is 0 Å². The van der Waals surface area contributed by atoms with Crippen molar-refractivity contribution in [1.82, 2.24) is 29.3 Å². The Morgan fingerprint density at radius 3 is 2.65 bits per heavy atom. The van der Waals surface area contributed by atoms with Gasteiger partial charge >= 0.3 is 0 Å². The monoisotopic (exact) mass is 305 g/mol. The Kier molecular flexibility index (Phi) is 2.87. The van der Waals surface area contributed by atoms with Crippen LogP contribution in [0.5, 0.6) is 0 Å². The fourth-order valence-corrected chi connectivity index (χ4v) is 2.54. The van der Waals surface area contributed by atoms with Crippen LogP contribution in [0.25, 0.3) is 28.4 Å². The van der Waals surface area contributed by atoms with Gasteiger partial charge in [-0.2, -0.15) is 15.1 Å². The Bertz CT molecular complexity index is 998. The van der Waals surface area contributed by atoms with Crippen molar-refractivity contribution < 1.29 is 0 Å².